The summed E-state index contributed by atoms with van der Waals surface area (Å²) < 4.78 is 4.93. The van der Waals surface area contributed by atoms with E-state index in [0.717, 1.165) is 0 Å². The van der Waals surface area contributed by atoms with Gasteiger partial charge in [0.05, 0.1) is 28.4 Å². The van der Waals surface area contributed by atoms with Gasteiger partial charge >= 0.3 is 5.97 Å². The van der Waals surface area contributed by atoms with Gasteiger partial charge in [-0.25, -0.2) is 4.79 Å². The molecule has 0 saturated carbocycles. The van der Waals surface area contributed by atoms with Gasteiger partial charge in [0, 0.05) is 11.3 Å². The summed E-state index contributed by atoms with van der Waals surface area (Å²) in [6.45, 7) is 2.09. The molecule has 0 amide bonds. The second-order valence-electron chi connectivity index (χ2n) is 4.76. The van der Waals surface area contributed by atoms with Crippen molar-refractivity contribution in [3.63, 3.8) is 0 Å². The van der Waals surface area contributed by atoms with Crippen LogP contribution in [0.25, 0.3) is 0 Å². The van der Waals surface area contributed by atoms with Crippen molar-refractivity contribution in [3.05, 3.63) is 63.6 Å². The van der Waals surface area contributed by atoms with Gasteiger partial charge in [-0.3, -0.25) is 5.43 Å². The van der Waals surface area contributed by atoms with Crippen LogP contribution in [0.5, 0.6) is 0 Å². The second kappa shape index (κ2) is 9.36. The number of nitrogens with one attached hydrogen (secondary N) is 2. The molecule has 0 spiro atoms. The lowest BCUT2D eigenvalue weighted by Crippen LogP contribution is -2.23. The van der Waals surface area contributed by atoms with Crippen LogP contribution in [0.4, 0.5) is 5.69 Å². The number of carbonyl (C=O) groups excluding carboxylic acids is 1. The van der Waals surface area contributed by atoms with Gasteiger partial charge in [0.1, 0.15) is 0 Å². The summed E-state index contributed by atoms with van der Waals surface area (Å²) in [6, 6.07) is 11.9. The minimum atomic E-state index is -0.365. The summed E-state index contributed by atoms with van der Waals surface area (Å²) in [5.74, 6) is -0.365. The van der Waals surface area contributed by atoms with Crippen LogP contribution in [-0.2, 0) is 4.74 Å². The van der Waals surface area contributed by atoms with Crippen LogP contribution in [0, 0.1) is 0 Å². The van der Waals surface area contributed by atoms with Crippen molar-refractivity contribution in [1.82, 2.24) is 5.43 Å². The summed E-state index contributed by atoms with van der Waals surface area (Å²) >= 11 is 17.2. The van der Waals surface area contributed by atoms with Gasteiger partial charge in [0.15, 0.2) is 5.11 Å². The highest BCUT2D eigenvalue weighted by atomic mass is 35.5. The second-order valence-corrected chi connectivity index (χ2v) is 5.98. The molecule has 0 unspecified atom stereocenters. The Labute approximate surface area is 161 Å². The first-order chi connectivity index (χ1) is 12.0. The summed E-state index contributed by atoms with van der Waals surface area (Å²) in [6.07, 6.45) is 1.49. The fourth-order valence-electron chi connectivity index (χ4n) is 1.85. The molecule has 0 saturated heterocycles. The molecule has 0 aliphatic heterocycles. The monoisotopic (exact) mass is 395 g/mol. The Bertz CT molecular complexity index is 775. The zero-order valence-corrected chi connectivity index (χ0v) is 15.6. The fourth-order valence-corrected chi connectivity index (χ4v) is 2.52. The third kappa shape index (κ3) is 5.70. The van der Waals surface area contributed by atoms with Crippen molar-refractivity contribution in [1.29, 1.82) is 0 Å². The molecule has 2 aromatic carbocycles. The van der Waals surface area contributed by atoms with Crippen LogP contribution in [0.15, 0.2) is 47.6 Å². The number of hydrogen-bond donors (Lipinski definition) is 2. The zero-order chi connectivity index (χ0) is 18.2. The number of anilines is 1. The molecule has 0 aromatic heterocycles. The Morgan fingerprint density at radius 3 is 2.44 bits per heavy atom. The van der Waals surface area contributed by atoms with Gasteiger partial charge < -0.3 is 10.1 Å². The average Bonchev–Trinajstić information content (AvgIpc) is 2.58. The van der Waals surface area contributed by atoms with Gasteiger partial charge in [-0.2, -0.15) is 5.10 Å². The van der Waals surface area contributed by atoms with Gasteiger partial charge in [-0.15, -0.1) is 0 Å². The molecule has 5 nitrogen and oxygen atoms in total. The highest BCUT2D eigenvalue weighted by molar-refractivity contribution is 7.80. The molecular formula is C17H15Cl2N3O2S. The van der Waals surface area contributed by atoms with E-state index >= 15 is 0 Å². The van der Waals surface area contributed by atoms with Crippen LogP contribution in [0.1, 0.15) is 22.8 Å². The van der Waals surface area contributed by atoms with Crippen LogP contribution >= 0.6 is 35.4 Å². The molecule has 0 bridgehead atoms. The molecule has 8 heteroatoms. The Morgan fingerprint density at radius 1 is 1.20 bits per heavy atom. The summed E-state index contributed by atoms with van der Waals surface area (Å²) in [5, 5.41) is 8.22. The Kier molecular flexibility index (Phi) is 7.18. The summed E-state index contributed by atoms with van der Waals surface area (Å²) in [7, 11) is 0. The number of esters is 1. The lowest BCUT2D eigenvalue weighted by molar-refractivity contribution is 0.0526. The molecule has 2 N–H and O–H groups in total. The topological polar surface area (TPSA) is 62.7 Å². The van der Waals surface area contributed by atoms with Gasteiger partial charge in [-0.1, -0.05) is 29.3 Å². The number of carbonyl (C=O) groups is 1. The Morgan fingerprint density at radius 2 is 1.84 bits per heavy atom. The highest BCUT2D eigenvalue weighted by Crippen LogP contribution is 2.22. The van der Waals surface area contributed by atoms with Crippen molar-refractivity contribution < 1.29 is 9.53 Å². The van der Waals surface area contributed by atoms with E-state index in [-0.39, 0.29) is 11.1 Å². The van der Waals surface area contributed by atoms with Crippen LogP contribution in [0.2, 0.25) is 10.0 Å². The molecule has 0 aliphatic rings. The van der Waals surface area contributed by atoms with Gasteiger partial charge in [0.2, 0.25) is 0 Å². The maximum atomic E-state index is 11.6. The first kappa shape index (κ1) is 19.2. The largest absolute Gasteiger partial charge is 0.462 e. The average molecular weight is 396 g/mol. The molecule has 0 fully saturated rings. The molecular weight excluding hydrogens is 381 g/mol. The molecule has 130 valence electrons. The number of benzene rings is 2. The number of halogens is 2. The fraction of sp³-hybridized carbons (Fsp3) is 0.118. The molecule has 0 atom stereocenters. The summed E-state index contributed by atoms with van der Waals surface area (Å²) in [4.78, 5) is 11.6. The van der Waals surface area contributed by atoms with E-state index in [0.29, 0.717) is 33.5 Å². The maximum absolute atomic E-state index is 11.6. The van der Waals surface area contributed by atoms with Crippen LogP contribution in [-0.4, -0.2) is 23.9 Å². The quantitative estimate of drug-likeness (QED) is 0.338. The molecule has 0 radical (unpaired) electrons. The third-order valence-corrected chi connectivity index (χ3v) is 3.87. The Hall–Kier alpha value is -2.15. The number of thiocarbonyl (C=S) groups is 1. The standard InChI is InChI=1S/C17H15Cl2N3O2S/c1-2-24-16(23)11-6-8-12(9-7-11)21-17(25)22-20-10-13-14(18)4-3-5-15(13)19/h3-10H,2H2,1H3,(H2,21,22,25)/b20-10-. The normalized spacial score (nSPS) is 10.5. The predicted molar refractivity (Wildman–Crippen MR) is 106 cm³/mol. The van der Waals surface area contributed by atoms with Crippen molar-refractivity contribution in [2.75, 3.05) is 11.9 Å². The number of hydrogen-bond acceptors (Lipinski definition) is 4. The predicted octanol–water partition coefficient (Wildman–Crippen LogP) is 4.49. The number of rotatable bonds is 5. The Balaban J connectivity index is 1.92. The first-order valence-electron chi connectivity index (χ1n) is 7.32. The minimum absolute atomic E-state index is 0.281. The van der Waals surface area contributed by atoms with E-state index in [1.807, 2.05) is 0 Å². The lowest BCUT2D eigenvalue weighted by atomic mass is 10.2. The van der Waals surface area contributed by atoms with E-state index in [4.69, 9.17) is 40.2 Å². The molecule has 2 aromatic rings. The van der Waals surface area contributed by atoms with Crippen molar-refractivity contribution in [3.8, 4) is 0 Å². The number of hydrazone groups is 1. The van der Waals surface area contributed by atoms with Crippen molar-refractivity contribution in [2.24, 2.45) is 5.10 Å². The first-order valence-corrected chi connectivity index (χ1v) is 8.49. The maximum Gasteiger partial charge on any atom is 0.338 e. The van der Waals surface area contributed by atoms with Gasteiger partial charge in [0.25, 0.3) is 0 Å². The van der Waals surface area contributed by atoms with E-state index in [1.54, 1.807) is 49.4 Å². The van der Waals surface area contributed by atoms with E-state index < -0.39 is 0 Å². The van der Waals surface area contributed by atoms with E-state index in [9.17, 15) is 4.79 Å². The highest BCUT2D eigenvalue weighted by Gasteiger charge is 2.06. The van der Waals surface area contributed by atoms with Crippen molar-refractivity contribution >= 4 is 58.4 Å². The van der Waals surface area contributed by atoms with Crippen LogP contribution < -0.4 is 10.7 Å². The van der Waals surface area contributed by atoms with Crippen molar-refractivity contribution in [2.45, 2.75) is 6.92 Å². The van der Waals surface area contributed by atoms with E-state index in [2.05, 4.69) is 15.8 Å². The molecule has 2 rings (SSSR count). The van der Waals surface area contributed by atoms with Crippen LogP contribution in [0.3, 0.4) is 0 Å². The number of ether oxygens (including phenoxy) is 1. The lowest BCUT2D eigenvalue weighted by Gasteiger charge is -2.08. The SMILES string of the molecule is CCOC(=O)c1ccc(NC(=S)N/N=C\c2c(Cl)cccc2Cl)cc1. The smallest absolute Gasteiger partial charge is 0.338 e. The molecule has 25 heavy (non-hydrogen) atoms. The van der Waals surface area contributed by atoms with Gasteiger partial charge in [-0.05, 0) is 55.5 Å². The molecule has 0 aliphatic carbocycles. The molecule has 0 heterocycles. The van der Waals surface area contributed by atoms with E-state index in [1.165, 1.54) is 6.21 Å². The number of nitrogens with zero attached hydrogens (tertiary/aromatic N) is 1. The third-order valence-electron chi connectivity index (χ3n) is 3.01. The minimum Gasteiger partial charge on any atom is -0.462 e. The summed E-state index contributed by atoms with van der Waals surface area (Å²) in [5.41, 5.74) is 4.44. The zero-order valence-electron chi connectivity index (χ0n) is 13.3.